The van der Waals surface area contributed by atoms with Gasteiger partial charge in [-0.05, 0) is 17.3 Å². The molecule has 2 aliphatic heterocycles. The first-order chi connectivity index (χ1) is 8.13. The van der Waals surface area contributed by atoms with Crippen molar-refractivity contribution in [2.45, 2.75) is 23.6 Å². The molecule has 0 aromatic heterocycles. The van der Waals surface area contributed by atoms with Gasteiger partial charge in [-0.2, -0.15) is 0 Å². The first-order valence-corrected chi connectivity index (χ1v) is 6.54. The minimum absolute atomic E-state index is 0.0953. The molecule has 17 heavy (non-hydrogen) atoms. The average molecular weight is 263 g/mol. The lowest BCUT2D eigenvalue weighted by Crippen LogP contribution is -2.38. The van der Waals surface area contributed by atoms with Crippen molar-refractivity contribution in [2.75, 3.05) is 19.0 Å². The van der Waals surface area contributed by atoms with Gasteiger partial charge in [-0.3, -0.25) is 0 Å². The molecule has 2 heterocycles. The molecule has 2 saturated heterocycles. The highest BCUT2D eigenvalue weighted by atomic mass is 32.2. The van der Waals surface area contributed by atoms with Crippen LogP contribution in [0.3, 0.4) is 0 Å². The molecule has 0 amide bonds. The molecule has 2 rings (SSSR count). The zero-order valence-electron chi connectivity index (χ0n) is 9.02. The van der Waals surface area contributed by atoms with Gasteiger partial charge in [-0.15, -0.1) is 10.1 Å². The lowest BCUT2D eigenvalue weighted by atomic mass is 10.1. The van der Waals surface area contributed by atoms with Crippen LogP contribution in [-0.2, 0) is 25.5 Å². The third kappa shape index (κ3) is 2.54. The summed E-state index contributed by atoms with van der Waals surface area (Å²) in [4.78, 5) is 14.7. The molecule has 1 unspecified atom stereocenters. The molecule has 0 aromatic rings. The van der Waals surface area contributed by atoms with Gasteiger partial charge in [0.15, 0.2) is 11.4 Å². The van der Waals surface area contributed by atoms with Crippen LogP contribution < -0.4 is 0 Å². The molecule has 2 aliphatic rings. The Kier molecular flexibility index (Phi) is 3.87. The molecule has 5 atom stereocenters. The molecular formula is C9H13NO6S. The van der Waals surface area contributed by atoms with E-state index < -0.39 is 28.5 Å². The van der Waals surface area contributed by atoms with E-state index >= 15 is 0 Å². The molecule has 0 bridgehead atoms. The quantitative estimate of drug-likeness (QED) is 0.291. The fraction of sp³-hybridized carbons (Fsp3) is 0.778. The lowest BCUT2D eigenvalue weighted by Gasteiger charge is -2.19. The second-order valence-electron chi connectivity index (χ2n) is 3.84. The van der Waals surface area contributed by atoms with Crippen molar-refractivity contribution in [3.63, 3.8) is 0 Å². The largest absolute Gasteiger partial charge is 0.616 e. The van der Waals surface area contributed by atoms with Gasteiger partial charge in [0.25, 0.3) is 5.09 Å². The van der Waals surface area contributed by atoms with Gasteiger partial charge >= 0.3 is 0 Å². The molecule has 0 saturated carbocycles. The van der Waals surface area contributed by atoms with Gasteiger partial charge < -0.3 is 18.9 Å². The van der Waals surface area contributed by atoms with E-state index in [9.17, 15) is 14.7 Å². The number of hydrogen-bond donors (Lipinski definition) is 0. The van der Waals surface area contributed by atoms with Crippen LogP contribution in [0.4, 0.5) is 0 Å². The second kappa shape index (κ2) is 5.21. The van der Waals surface area contributed by atoms with Crippen LogP contribution in [0.2, 0.25) is 0 Å². The fourth-order valence-corrected chi connectivity index (χ4v) is 3.34. The summed E-state index contributed by atoms with van der Waals surface area (Å²) in [7, 11) is 0. The summed E-state index contributed by atoms with van der Waals surface area (Å²) < 4.78 is 22.6. The van der Waals surface area contributed by atoms with Crippen LogP contribution in [0.25, 0.3) is 0 Å². The Balaban J connectivity index is 1.96. The van der Waals surface area contributed by atoms with Crippen molar-refractivity contribution in [3.8, 4) is 0 Å². The molecule has 96 valence electrons. The highest BCUT2D eigenvalue weighted by molar-refractivity contribution is 7.92. The number of nitrogens with zero attached hydrogens (tertiary/aromatic N) is 1. The van der Waals surface area contributed by atoms with Gasteiger partial charge in [0, 0.05) is 0 Å². The normalized spacial score (nSPS) is 37.5. The first kappa shape index (κ1) is 12.6. The van der Waals surface area contributed by atoms with Crippen molar-refractivity contribution in [1.82, 2.24) is 0 Å². The van der Waals surface area contributed by atoms with E-state index in [-0.39, 0.29) is 24.6 Å². The maximum atomic E-state index is 11.8. The van der Waals surface area contributed by atoms with Gasteiger partial charge in [0.2, 0.25) is 0 Å². The summed E-state index contributed by atoms with van der Waals surface area (Å²) in [5.74, 6) is 0.362. The van der Waals surface area contributed by atoms with Crippen LogP contribution in [0.15, 0.2) is 12.7 Å². The topological polar surface area (TPSA) is 93.9 Å². The molecule has 0 aromatic carbocycles. The highest BCUT2D eigenvalue weighted by Crippen LogP contribution is 2.32. The summed E-state index contributed by atoms with van der Waals surface area (Å²) in [6, 6.07) is 0. The Morgan fingerprint density at radius 3 is 2.82 bits per heavy atom. The molecule has 2 fully saturated rings. The third-order valence-corrected chi connectivity index (χ3v) is 4.45. The van der Waals surface area contributed by atoms with Crippen LogP contribution in [-0.4, -0.2) is 52.2 Å². The van der Waals surface area contributed by atoms with Gasteiger partial charge in [-0.1, -0.05) is 6.58 Å². The number of rotatable bonds is 5. The van der Waals surface area contributed by atoms with Crippen molar-refractivity contribution in [2.24, 2.45) is 0 Å². The van der Waals surface area contributed by atoms with E-state index in [1.807, 2.05) is 0 Å². The van der Waals surface area contributed by atoms with Crippen molar-refractivity contribution in [3.05, 3.63) is 22.8 Å². The van der Waals surface area contributed by atoms with Crippen LogP contribution in [0, 0.1) is 10.1 Å². The van der Waals surface area contributed by atoms with Gasteiger partial charge in [0.1, 0.15) is 18.0 Å². The van der Waals surface area contributed by atoms with E-state index in [2.05, 4.69) is 11.4 Å². The molecule has 0 aliphatic carbocycles. The zero-order chi connectivity index (χ0) is 12.4. The Morgan fingerprint density at radius 2 is 2.18 bits per heavy atom. The molecule has 0 radical (unpaired) electrons. The van der Waals surface area contributed by atoms with Crippen molar-refractivity contribution in [1.29, 1.82) is 0 Å². The maximum Gasteiger partial charge on any atom is 0.294 e. The summed E-state index contributed by atoms with van der Waals surface area (Å²) >= 11 is -1.13. The average Bonchev–Trinajstić information content (AvgIpc) is 2.80. The van der Waals surface area contributed by atoms with E-state index in [4.69, 9.17) is 9.47 Å². The standard InChI is InChI=1S/C9H13NO6S/c1-2-3-17(13)7-5-15-8-6(16-10(11)12)4-14-9(7)8/h2,6-9H,1,3-5H2/t6-,7-,8-,9-,17?/m1/s1. The van der Waals surface area contributed by atoms with E-state index in [1.54, 1.807) is 6.08 Å². The molecule has 0 N–H and O–H groups in total. The first-order valence-electron chi connectivity index (χ1n) is 5.16. The molecule has 0 spiro atoms. The second-order valence-corrected chi connectivity index (χ2v) is 5.54. The Morgan fingerprint density at radius 1 is 1.47 bits per heavy atom. The van der Waals surface area contributed by atoms with E-state index in [0.29, 0.717) is 5.75 Å². The number of fused-ring (bicyclic) bond motifs is 1. The zero-order valence-corrected chi connectivity index (χ0v) is 9.84. The summed E-state index contributed by atoms with van der Waals surface area (Å²) in [6.45, 7) is 3.89. The number of ether oxygens (including phenoxy) is 2. The third-order valence-electron chi connectivity index (χ3n) is 2.80. The predicted octanol–water partition coefficient (Wildman–Crippen LogP) is -0.336. The van der Waals surface area contributed by atoms with Gasteiger partial charge in [-0.25, -0.2) is 0 Å². The van der Waals surface area contributed by atoms with Crippen LogP contribution in [0.5, 0.6) is 0 Å². The molecular weight excluding hydrogens is 250 g/mol. The Hall–Kier alpha value is -0.830. The summed E-state index contributed by atoms with van der Waals surface area (Å²) in [5, 5.41) is 9.14. The summed E-state index contributed by atoms with van der Waals surface area (Å²) in [5.41, 5.74) is 0. The van der Waals surface area contributed by atoms with Crippen molar-refractivity contribution >= 4 is 11.2 Å². The monoisotopic (exact) mass is 263 g/mol. The smallest absolute Gasteiger partial charge is 0.294 e. The maximum absolute atomic E-state index is 11.8. The molecule has 8 heteroatoms. The molecule has 7 nitrogen and oxygen atoms in total. The van der Waals surface area contributed by atoms with Crippen LogP contribution >= 0.6 is 0 Å². The highest BCUT2D eigenvalue weighted by Gasteiger charge is 2.53. The minimum atomic E-state index is -1.13. The van der Waals surface area contributed by atoms with Crippen LogP contribution in [0.1, 0.15) is 0 Å². The van der Waals surface area contributed by atoms with Crippen molar-refractivity contribution < 1.29 is 24.0 Å². The fourth-order valence-electron chi connectivity index (χ4n) is 2.10. The van der Waals surface area contributed by atoms with E-state index in [1.165, 1.54) is 0 Å². The minimum Gasteiger partial charge on any atom is -0.616 e. The Labute approximate surface area is 101 Å². The van der Waals surface area contributed by atoms with Gasteiger partial charge in [0.05, 0.1) is 13.2 Å². The predicted molar refractivity (Wildman–Crippen MR) is 58.3 cm³/mol. The summed E-state index contributed by atoms with van der Waals surface area (Å²) in [6.07, 6.45) is -0.0377. The van der Waals surface area contributed by atoms with E-state index in [0.717, 1.165) is 0 Å². The SMILES string of the molecule is C=CC[S+]([O-])[C@@H]1CO[C@H]2[C@@H]1OC[C@H]2O[N+](=O)[O-]. The lowest BCUT2D eigenvalue weighted by molar-refractivity contribution is -0.769. The number of hydrogen-bond acceptors (Lipinski definition) is 6. The Bertz CT molecular complexity index is 314.